The van der Waals surface area contributed by atoms with E-state index in [1.54, 1.807) is 6.07 Å². The van der Waals surface area contributed by atoms with Gasteiger partial charge in [0.25, 0.3) is 5.91 Å². The first-order valence-corrected chi connectivity index (χ1v) is 10.9. The molecule has 0 saturated carbocycles. The second kappa shape index (κ2) is 8.24. The van der Waals surface area contributed by atoms with Crippen LogP contribution in [0.5, 0.6) is 5.75 Å². The molecule has 3 aliphatic rings. The summed E-state index contributed by atoms with van der Waals surface area (Å²) in [5.41, 5.74) is 13.8. The highest BCUT2D eigenvalue weighted by atomic mass is 16.3. The van der Waals surface area contributed by atoms with Crippen molar-refractivity contribution in [3.8, 4) is 5.75 Å². The quantitative estimate of drug-likeness (QED) is 0.373. The largest absolute Gasteiger partial charge is 0.511 e. The summed E-state index contributed by atoms with van der Waals surface area (Å²) in [4.78, 5) is 28.0. The molecule has 1 aromatic rings. The molecule has 33 heavy (non-hydrogen) atoms. The Morgan fingerprint density at radius 3 is 2.55 bits per heavy atom. The Hall–Kier alpha value is -3.30. The van der Waals surface area contributed by atoms with Crippen molar-refractivity contribution in [3.63, 3.8) is 0 Å². The number of allylic oxidation sites excluding steroid dienone is 3. The van der Waals surface area contributed by atoms with Crippen molar-refractivity contribution in [3.05, 3.63) is 57.6 Å². The number of aromatic hydroxyl groups is 1. The molecule has 0 saturated heterocycles. The van der Waals surface area contributed by atoms with Gasteiger partial charge in [0.15, 0.2) is 5.78 Å². The number of rotatable bonds is 4. The Morgan fingerprint density at radius 1 is 1.24 bits per heavy atom. The fourth-order valence-corrected chi connectivity index (χ4v) is 5.65. The molecule has 0 radical (unpaired) electrons. The van der Waals surface area contributed by atoms with Gasteiger partial charge in [-0.1, -0.05) is 6.58 Å². The van der Waals surface area contributed by atoms with Crippen molar-refractivity contribution in [2.75, 3.05) is 25.7 Å². The Morgan fingerprint density at radius 2 is 1.94 bits per heavy atom. The molecule has 0 aliphatic heterocycles. The summed E-state index contributed by atoms with van der Waals surface area (Å²) in [5.74, 6) is -2.58. The van der Waals surface area contributed by atoms with Gasteiger partial charge >= 0.3 is 0 Å². The summed E-state index contributed by atoms with van der Waals surface area (Å²) < 4.78 is 0. The van der Waals surface area contributed by atoms with E-state index in [-0.39, 0.29) is 71.0 Å². The van der Waals surface area contributed by atoms with Crippen LogP contribution in [0.4, 0.5) is 5.69 Å². The van der Waals surface area contributed by atoms with Gasteiger partial charge in [0.05, 0.1) is 17.8 Å². The molecule has 8 N–H and O–H groups in total. The van der Waals surface area contributed by atoms with Gasteiger partial charge in [0.1, 0.15) is 17.3 Å². The summed E-state index contributed by atoms with van der Waals surface area (Å²) in [7, 11) is 3.72. The van der Waals surface area contributed by atoms with Crippen LogP contribution in [0, 0.1) is 17.8 Å². The van der Waals surface area contributed by atoms with Crippen molar-refractivity contribution in [1.29, 1.82) is 0 Å². The third-order valence-electron chi connectivity index (χ3n) is 7.05. The number of benzene rings is 1. The number of phenols is 1. The van der Waals surface area contributed by atoms with E-state index in [9.17, 15) is 24.9 Å². The van der Waals surface area contributed by atoms with Gasteiger partial charge in [0.2, 0.25) is 0 Å². The topological polar surface area (TPSA) is 162 Å². The molecule has 3 unspecified atom stereocenters. The predicted molar refractivity (Wildman–Crippen MR) is 124 cm³/mol. The van der Waals surface area contributed by atoms with Crippen molar-refractivity contribution < 1.29 is 24.9 Å². The number of phenolic OH excluding ortho intramolecular Hbond substituents is 1. The molecule has 0 spiro atoms. The average Bonchev–Trinajstić information content (AvgIpc) is 2.73. The first kappa shape index (κ1) is 22.9. The van der Waals surface area contributed by atoms with Crippen LogP contribution in [-0.4, -0.2) is 47.8 Å². The minimum absolute atomic E-state index is 0.000817. The number of carbonyl (C=O) groups excluding carboxylic acids is 2. The lowest BCUT2D eigenvalue weighted by Gasteiger charge is -2.43. The van der Waals surface area contributed by atoms with Gasteiger partial charge < -0.3 is 37.0 Å². The summed E-state index contributed by atoms with van der Waals surface area (Å²) in [6.45, 7) is 3.93. The number of carbonyl (C=O) groups is 2. The Kier molecular flexibility index (Phi) is 5.71. The Labute approximate surface area is 192 Å². The number of aliphatic hydroxyl groups excluding tert-OH is 2. The maximum absolute atomic E-state index is 13.7. The molecule has 9 nitrogen and oxygen atoms in total. The van der Waals surface area contributed by atoms with Gasteiger partial charge in [-0.3, -0.25) is 9.59 Å². The lowest BCUT2D eigenvalue weighted by atomic mass is 9.61. The van der Waals surface area contributed by atoms with Gasteiger partial charge in [0, 0.05) is 49.8 Å². The van der Waals surface area contributed by atoms with Gasteiger partial charge in [-0.15, -0.1) is 0 Å². The van der Waals surface area contributed by atoms with Crippen LogP contribution < -0.4 is 21.7 Å². The van der Waals surface area contributed by atoms with Gasteiger partial charge in [-0.05, 0) is 41.9 Å². The number of ketones is 1. The first-order valence-electron chi connectivity index (χ1n) is 10.9. The third-order valence-corrected chi connectivity index (χ3v) is 7.05. The van der Waals surface area contributed by atoms with Crippen LogP contribution in [-0.2, 0) is 17.8 Å². The number of fused-ring (bicyclic) bond motifs is 3. The van der Waals surface area contributed by atoms with Gasteiger partial charge in [-0.25, -0.2) is 0 Å². The number of Topliss-reactive ketones (excluding diaryl/α,β-unsaturated/α-hetero) is 1. The molecule has 3 atom stereocenters. The highest BCUT2D eigenvalue weighted by Gasteiger charge is 2.48. The third kappa shape index (κ3) is 3.39. The van der Waals surface area contributed by atoms with Crippen molar-refractivity contribution >= 4 is 17.4 Å². The second-order valence-electron chi connectivity index (χ2n) is 9.12. The van der Waals surface area contributed by atoms with Crippen molar-refractivity contribution in [2.24, 2.45) is 29.2 Å². The van der Waals surface area contributed by atoms with E-state index < -0.39 is 17.6 Å². The number of nitrogens with zero attached hydrogens (tertiary/aromatic N) is 1. The summed E-state index contributed by atoms with van der Waals surface area (Å²) in [6.07, 6.45) is 1.16. The summed E-state index contributed by atoms with van der Waals surface area (Å²) in [6, 6.07) is 1.79. The molecule has 0 fully saturated rings. The molecule has 1 amide bonds. The van der Waals surface area contributed by atoms with Gasteiger partial charge in [-0.2, -0.15) is 0 Å². The molecule has 0 heterocycles. The molecule has 4 rings (SSSR count). The SMILES string of the molecule is C=C1C(C(=O)NCN)=C(O)CC2CC3Cc4c(N(C)C)cc(CN)c(O)c4C(=O)C3=C(O)C12. The van der Waals surface area contributed by atoms with E-state index in [1.165, 1.54) is 0 Å². The Balaban J connectivity index is 1.85. The maximum atomic E-state index is 13.7. The van der Waals surface area contributed by atoms with Crippen LogP contribution in [0.15, 0.2) is 40.9 Å². The van der Waals surface area contributed by atoms with E-state index in [4.69, 9.17) is 11.5 Å². The lowest BCUT2D eigenvalue weighted by Crippen LogP contribution is -2.41. The van der Waals surface area contributed by atoms with E-state index in [2.05, 4.69) is 11.9 Å². The zero-order chi connectivity index (χ0) is 24.2. The first-order chi connectivity index (χ1) is 15.6. The van der Waals surface area contributed by atoms with Crippen LogP contribution >= 0.6 is 0 Å². The number of amides is 1. The fraction of sp³-hybridized carbons (Fsp3) is 0.417. The highest BCUT2D eigenvalue weighted by Crippen LogP contribution is 2.53. The number of anilines is 1. The predicted octanol–water partition coefficient (Wildman–Crippen LogP) is 1.52. The molecule has 176 valence electrons. The van der Waals surface area contributed by atoms with Crippen LogP contribution in [0.1, 0.15) is 34.3 Å². The summed E-state index contributed by atoms with van der Waals surface area (Å²) in [5, 5.41) is 35.2. The van der Waals surface area contributed by atoms with Crippen LogP contribution in [0.2, 0.25) is 0 Å². The van der Waals surface area contributed by atoms with Crippen LogP contribution in [0.25, 0.3) is 0 Å². The maximum Gasteiger partial charge on any atom is 0.255 e. The molecule has 0 aromatic heterocycles. The fourth-order valence-electron chi connectivity index (χ4n) is 5.65. The number of nitrogens with one attached hydrogen (secondary N) is 1. The molecular weight excluding hydrogens is 424 g/mol. The van der Waals surface area contributed by atoms with Crippen molar-refractivity contribution in [2.45, 2.75) is 25.8 Å². The molecule has 9 heteroatoms. The van der Waals surface area contributed by atoms with E-state index >= 15 is 0 Å². The zero-order valence-electron chi connectivity index (χ0n) is 18.8. The minimum atomic E-state index is -0.677. The summed E-state index contributed by atoms with van der Waals surface area (Å²) >= 11 is 0. The molecule has 1 aromatic carbocycles. The van der Waals surface area contributed by atoms with Crippen molar-refractivity contribution in [1.82, 2.24) is 5.32 Å². The van der Waals surface area contributed by atoms with E-state index in [1.807, 2.05) is 19.0 Å². The standard InChI is InChI=1S/C24H30N4O5/c1-10-17-12(7-16(29)18(10)24(33)27-9-26)4-11-5-14-15(28(2)3)6-13(8-25)21(30)20(14)23(32)19(11)22(17)31/h6,11-12,17,29-31H,1,4-5,7-9,25-26H2,2-3H3,(H,27,33). The molecular formula is C24H30N4O5. The minimum Gasteiger partial charge on any atom is -0.511 e. The normalized spacial score (nSPS) is 24.3. The van der Waals surface area contributed by atoms with E-state index in [0.29, 0.717) is 18.4 Å². The molecule has 3 aliphatic carbocycles. The zero-order valence-corrected chi connectivity index (χ0v) is 18.8. The lowest BCUT2D eigenvalue weighted by molar-refractivity contribution is -0.117. The van der Waals surface area contributed by atoms with E-state index in [0.717, 1.165) is 11.3 Å². The number of hydrogen-bond donors (Lipinski definition) is 6. The molecule has 0 bridgehead atoms. The highest BCUT2D eigenvalue weighted by molar-refractivity contribution is 6.14. The van der Waals surface area contributed by atoms with Crippen LogP contribution in [0.3, 0.4) is 0 Å². The second-order valence-corrected chi connectivity index (χ2v) is 9.12. The number of aliphatic hydroxyl groups is 2. The Bertz CT molecular complexity index is 1130. The number of nitrogens with two attached hydrogens (primary N) is 2. The average molecular weight is 455 g/mol. The number of hydrogen-bond acceptors (Lipinski definition) is 8. The smallest absolute Gasteiger partial charge is 0.255 e. The monoisotopic (exact) mass is 454 g/mol.